The quantitative estimate of drug-likeness (QED) is 0.705. The van der Waals surface area contributed by atoms with E-state index in [0.717, 1.165) is 29.3 Å². The Labute approximate surface area is 152 Å². The lowest BCUT2D eigenvalue weighted by atomic mass is 9.98. The van der Waals surface area contributed by atoms with Crippen molar-refractivity contribution in [3.63, 3.8) is 0 Å². The largest absolute Gasteiger partial charge is 0.463 e. The standard InChI is InChI=1S/C19H26BrNO3/c1-19(2,3)13-24-18(23)17(14-8-10-15(20)11-9-14)21-12-6-4-5-7-16(21)22/h8-11,17H,4-7,12-13H2,1-3H3. The first-order valence-electron chi connectivity index (χ1n) is 8.49. The van der Waals surface area contributed by atoms with Crippen molar-refractivity contribution in [3.8, 4) is 0 Å². The van der Waals surface area contributed by atoms with Crippen LogP contribution in [0.3, 0.4) is 0 Å². The van der Waals surface area contributed by atoms with Crippen LogP contribution in [0.5, 0.6) is 0 Å². The van der Waals surface area contributed by atoms with Crippen LogP contribution in [0.2, 0.25) is 0 Å². The summed E-state index contributed by atoms with van der Waals surface area (Å²) in [6, 6.07) is 6.88. The van der Waals surface area contributed by atoms with E-state index >= 15 is 0 Å². The second kappa shape index (κ2) is 8.15. The molecule has 1 amide bonds. The molecule has 2 rings (SSSR count). The molecular formula is C19H26BrNO3. The van der Waals surface area contributed by atoms with Crippen LogP contribution in [0.25, 0.3) is 0 Å². The average Bonchev–Trinajstić information content (AvgIpc) is 2.72. The maximum atomic E-state index is 12.8. The molecule has 0 bridgehead atoms. The number of halogens is 1. The highest BCUT2D eigenvalue weighted by molar-refractivity contribution is 9.10. The van der Waals surface area contributed by atoms with Crippen molar-refractivity contribution in [1.82, 2.24) is 4.90 Å². The molecule has 1 aromatic rings. The van der Waals surface area contributed by atoms with Crippen molar-refractivity contribution < 1.29 is 14.3 Å². The Morgan fingerprint density at radius 3 is 2.50 bits per heavy atom. The van der Waals surface area contributed by atoms with Gasteiger partial charge in [-0.2, -0.15) is 0 Å². The summed E-state index contributed by atoms with van der Waals surface area (Å²) in [5.74, 6) is -0.310. The Hall–Kier alpha value is -1.36. The minimum absolute atomic E-state index is 0.0353. The molecular weight excluding hydrogens is 370 g/mol. The normalized spacial score (nSPS) is 17.3. The first-order valence-corrected chi connectivity index (χ1v) is 9.29. The maximum absolute atomic E-state index is 12.8. The van der Waals surface area contributed by atoms with Crippen LogP contribution < -0.4 is 0 Å². The van der Waals surface area contributed by atoms with Gasteiger partial charge in [-0.25, -0.2) is 4.79 Å². The predicted octanol–water partition coefficient (Wildman–Crippen LogP) is 4.48. The molecule has 24 heavy (non-hydrogen) atoms. The zero-order valence-electron chi connectivity index (χ0n) is 14.7. The van der Waals surface area contributed by atoms with Gasteiger partial charge < -0.3 is 9.64 Å². The number of carbonyl (C=O) groups excluding carboxylic acids is 2. The lowest BCUT2D eigenvalue weighted by Gasteiger charge is -2.30. The van der Waals surface area contributed by atoms with E-state index < -0.39 is 6.04 Å². The smallest absolute Gasteiger partial charge is 0.333 e. The second-order valence-electron chi connectivity index (χ2n) is 7.52. The molecule has 5 heteroatoms. The number of carbonyl (C=O) groups is 2. The number of hydrogen-bond acceptors (Lipinski definition) is 3. The van der Waals surface area contributed by atoms with Gasteiger partial charge in [-0.1, -0.05) is 55.3 Å². The fraction of sp³-hybridized carbons (Fsp3) is 0.579. The molecule has 4 nitrogen and oxygen atoms in total. The van der Waals surface area contributed by atoms with Crippen LogP contribution in [0.15, 0.2) is 28.7 Å². The average molecular weight is 396 g/mol. The third kappa shape index (κ3) is 5.33. The maximum Gasteiger partial charge on any atom is 0.333 e. The summed E-state index contributed by atoms with van der Waals surface area (Å²) >= 11 is 3.41. The van der Waals surface area contributed by atoms with Gasteiger partial charge in [0.1, 0.15) is 0 Å². The van der Waals surface area contributed by atoms with Gasteiger partial charge in [0.05, 0.1) is 6.61 Å². The molecule has 0 spiro atoms. The van der Waals surface area contributed by atoms with E-state index in [-0.39, 0.29) is 17.3 Å². The highest BCUT2D eigenvalue weighted by Crippen LogP contribution is 2.28. The van der Waals surface area contributed by atoms with Crippen molar-refractivity contribution >= 4 is 27.8 Å². The van der Waals surface area contributed by atoms with Crippen LogP contribution in [-0.2, 0) is 14.3 Å². The third-order valence-corrected chi connectivity index (χ3v) is 4.51. The Balaban J connectivity index is 2.28. The molecule has 1 saturated heterocycles. The van der Waals surface area contributed by atoms with Gasteiger partial charge in [-0.15, -0.1) is 0 Å². The third-order valence-electron chi connectivity index (χ3n) is 3.98. The van der Waals surface area contributed by atoms with Gasteiger partial charge in [-0.3, -0.25) is 4.79 Å². The van der Waals surface area contributed by atoms with Crippen molar-refractivity contribution in [1.29, 1.82) is 0 Å². The summed E-state index contributed by atoms with van der Waals surface area (Å²) in [4.78, 5) is 27.0. The van der Waals surface area contributed by atoms with E-state index in [1.54, 1.807) is 4.90 Å². The molecule has 0 N–H and O–H groups in total. The summed E-state index contributed by atoms with van der Waals surface area (Å²) < 4.78 is 6.49. The van der Waals surface area contributed by atoms with Crippen LogP contribution in [0.1, 0.15) is 58.1 Å². The topological polar surface area (TPSA) is 46.6 Å². The molecule has 132 valence electrons. The molecule has 1 heterocycles. The van der Waals surface area contributed by atoms with Crippen LogP contribution in [-0.4, -0.2) is 29.9 Å². The number of nitrogens with zero attached hydrogens (tertiary/aromatic N) is 1. The molecule has 1 aliphatic rings. The van der Waals surface area contributed by atoms with Gasteiger partial charge in [0, 0.05) is 17.4 Å². The molecule has 1 fully saturated rings. The van der Waals surface area contributed by atoms with E-state index in [2.05, 4.69) is 15.9 Å². The lowest BCUT2D eigenvalue weighted by Crippen LogP contribution is -2.40. The number of hydrogen-bond donors (Lipinski definition) is 0. The Bertz CT molecular complexity index is 577. The van der Waals surface area contributed by atoms with Crippen molar-refractivity contribution in [2.45, 2.75) is 52.5 Å². The summed E-state index contributed by atoms with van der Waals surface area (Å²) in [5, 5.41) is 0. The van der Waals surface area contributed by atoms with Crippen LogP contribution in [0.4, 0.5) is 0 Å². The van der Waals surface area contributed by atoms with Gasteiger partial charge in [0.2, 0.25) is 5.91 Å². The monoisotopic (exact) mass is 395 g/mol. The number of amides is 1. The number of likely N-dealkylation sites (tertiary alicyclic amines) is 1. The highest BCUT2D eigenvalue weighted by atomic mass is 79.9. The molecule has 0 aromatic heterocycles. The number of esters is 1. The zero-order chi connectivity index (χ0) is 17.7. The predicted molar refractivity (Wildman–Crippen MR) is 97.5 cm³/mol. The van der Waals surface area contributed by atoms with E-state index in [9.17, 15) is 9.59 Å². The highest BCUT2D eigenvalue weighted by Gasteiger charge is 2.33. The summed E-state index contributed by atoms with van der Waals surface area (Å²) in [6.45, 7) is 7.00. The van der Waals surface area contributed by atoms with E-state index in [1.165, 1.54) is 0 Å². The minimum Gasteiger partial charge on any atom is -0.463 e. The molecule has 1 unspecified atom stereocenters. The van der Waals surface area contributed by atoms with Crippen molar-refractivity contribution in [3.05, 3.63) is 34.3 Å². The first-order chi connectivity index (χ1) is 11.3. The zero-order valence-corrected chi connectivity index (χ0v) is 16.3. The summed E-state index contributed by atoms with van der Waals surface area (Å²) in [6.07, 6.45) is 3.33. The Morgan fingerprint density at radius 1 is 1.21 bits per heavy atom. The number of benzene rings is 1. The second-order valence-corrected chi connectivity index (χ2v) is 8.44. The van der Waals surface area contributed by atoms with Crippen molar-refractivity contribution in [2.24, 2.45) is 5.41 Å². The number of rotatable bonds is 4. The molecule has 0 radical (unpaired) electrons. The Kier molecular flexibility index (Phi) is 6.44. The van der Waals surface area contributed by atoms with Crippen molar-refractivity contribution in [2.75, 3.05) is 13.2 Å². The minimum atomic E-state index is -0.661. The number of ether oxygens (including phenoxy) is 1. The Morgan fingerprint density at radius 2 is 1.88 bits per heavy atom. The van der Waals surface area contributed by atoms with E-state index in [1.807, 2.05) is 45.0 Å². The fourth-order valence-corrected chi connectivity index (χ4v) is 3.00. The molecule has 1 aliphatic heterocycles. The van der Waals surface area contributed by atoms with Gasteiger partial charge in [-0.05, 0) is 36.0 Å². The SMILES string of the molecule is CC(C)(C)COC(=O)C(c1ccc(Br)cc1)N1CCCCCC1=O. The van der Waals surface area contributed by atoms with Gasteiger partial charge in [0.15, 0.2) is 6.04 Å². The molecule has 0 saturated carbocycles. The van der Waals surface area contributed by atoms with Gasteiger partial charge in [0.25, 0.3) is 0 Å². The van der Waals surface area contributed by atoms with E-state index in [0.29, 0.717) is 19.6 Å². The molecule has 1 atom stereocenters. The molecule has 1 aromatic carbocycles. The van der Waals surface area contributed by atoms with Crippen LogP contribution in [0, 0.1) is 5.41 Å². The first kappa shape index (κ1) is 19.0. The summed E-state index contributed by atoms with van der Waals surface area (Å²) in [7, 11) is 0. The lowest BCUT2D eigenvalue weighted by molar-refractivity contribution is -0.157. The van der Waals surface area contributed by atoms with Gasteiger partial charge >= 0.3 is 5.97 Å². The van der Waals surface area contributed by atoms with E-state index in [4.69, 9.17) is 4.74 Å². The van der Waals surface area contributed by atoms with Crippen LogP contribution >= 0.6 is 15.9 Å². The summed E-state index contributed by atoms with van der Waals surface area (Å²) in [5.41, 5.74) is 0.690. The molecule has 0 aliphatic carbocycles. The fourth-order valence-electron chi connectivity index (χ4n) is 2.73.